The first-order valence-corrected chi connectivity index (χ1v) is 8.65. The zero-order chi connectivity index (χ0) is 18.1. The van der Waals surface area contributed by atoms with Crippen molar-refractivity contribution in [3.05, 3.63) is 29.2 Å². The highest BCUT2D eigenvalue weighted by Gasteiger charge is 2.41. The van der Waals surface area contributed by atoms with Gasteiger partial charge in [-0.2, -0.15) is 10.1 Å². The maximum atomic E-state index is 13.3. The van der Waals surface area contributed by atoms with Crippen molar-refractivity contribution in [1.82, 2.24) is 24.8 Å². The molecular weight excluding hydrogens is 322 g/mol. The number of aryl methyl sites for hydroxylation is 2. The zero-order valence-electron chi connectivity index (χ0n) is 15.4. The Morgan fingerprint density at radius 1 is 1.48 bits per heavy atom. The van der Waals surface area contributed by atoms with E-state index in [2.05, 4.69) is 15.2 Å². The maximum absolute atomic E-state index is 13.3. The van der Waals surface area contributed by atoms with Crippen molar-refractivity contribution < 1.29 is 14.1 Å². The van der Waals surface area contributed by atoms with Crippen molar-refractivity contribution in [2.75, 3.05) is 13.7 Å². The summed E-state index contributed by atoms with van der Waals surface area (Å²) in [6.45, 7) is 9.08. The molecule has 3 rings (SSSR count). The Balaban J connectivity index is 1.95. The van der Waals surface area contributed by atoms with E-state index in [1.54, 1.807) is 23.6 Å². The summed E-state index contributed by atoms with van der Waals surface area (Å²) in [5.74, 6) is 1.12. The average Bonchev–Trinajstić information content (AvgIpc) is 3.30. The van der Waals surface area contributed by atoms with Crippen LogP contribution >= 0.6 is 0 Å². The standard InChI is InChI=1S/C17H25N5O3/c1-6-21-9-13(15(19-21)10(2)3)17(23)22-8-12(24-5)7-14(22)16-18-11(4)20-25-16/h9-10,12,14H,6-8H2,1-5H3/t12-,14-/m1/s1. The molecular formula is C17H25N5O3. The van der Waals surface area contributed by atoms with Gasteiger partial charge in [0.1, 0.15) is 6.04 Å². The molecule has 0 bridgehead atoms. The predicted molar refractivity (Wildman–Crippen MR) is 90.2 cm³/mol. The number of nitrogens with zero attached hydrogens (tertiary/aromatic N) is 5. The molecule has 0 aromatic carbocycles. The molecule has 0 radical (unpaired) electrons. The van der Waals surface area contributed by atoms with Crippen LogP contribution in [0.1, 0.15) is 66.9 Å². The third-order valence-corrected chi connectivity index (χ3v) is 4.58. The first kappa shape index (κ1) is 17.6. The molecule has 1 aliphatic heterocycles. The van der Waals surface area contributed by atoms with Gasteiger partial charge in [-0.1, -0.05) is 19.0 Å². The number of methoxy groups -OCH3 is 1. The third-order valence-electron chi connectivity index (χ3n) is 4.58. The van der Waals surface area contributed by atoms with Crippen LogP contribution in [0.25, 0.3) is 0 Å². The van der Waals surface area contributed by atoms with E-state index in [-0.39, 0.29) is 24.0 Å². The van der Waals surface area contributed by atoms with E-state index in [1.807, 2.05) is 27.0 Å². The molecule has 0 N–H and O–H groups in total. The second-order valence-electron chi connectivity index (χ2n) is 6.68. The SMILES string of the molecule is CCn1cc(C(=O)N2C[C@H](OC)C[C@@H]2c2nc(C)no2)c(C(C)C)n1. The molecule has 1 fully saturated rings. The molecule has 2 aromatic rings. The number of carbonyl (C=O) groups is 1. The van der Waals surface area contributed by atoms with Crippen LogP contribution in [0.15, 0.2) is 10.7 Å². The normalized spacial score (nSPS) is 20.6. The minimum Gasteiger partial charge on any atom is -0.380 e. The van der Waals surface area contributed by atoms with Gasteiger partial charge in [0.25, 0.3) is 5.91 Å². The number of rotatable bonds is 5. The van der Waals surface area contributed by atoms with Gasteiger partial charge in [0.15, 0.2) is 5.82 Å². The fourth-order valence-corrected chi connectivity index (χ4v) is 3.22. The summed E-state index contributed by atoms with van der Waals surface area (Å²) in [5, 5.41) is 8.41. The van der Waals surface area contributed by atoms with Crippen LogP contribution in [0, 0.1) is 6.92 Å². The van der Waals surface area contributed by atoms with Crippen LogP contribution in [0.3, 0.4) is 0 Å². The lowest BCUT2D eigenvalue weighted by Crippen LogP contribution is -2.32. The van der Waals surface area contributed by atoms with E-state index in [9.17, 15) is 4.79 Å². The number of hydrogen-bond donors (Lipinski definition) is 0. The lowest BCUT2D eigenvalue weighted by Gasteiger charge is -2.21. The fraction of sp³-hybridized carbons (Fsp3) is 0.647. The van der Waals surface area contributed by atoms with Crippen LogP contribution in [0.5, 0.6) is 0 Å². The van der Waals surface area contributed by atoms with E-state index < -0.39 is 0 Å². The molecule has 0 saturated carbocycles. The number of ether oxygens (including phenoxy) is 1. The second-order valence-corrected chi connectivity index (χ2v) is 6.68. The lowest BCUT2D eigenvalue weighted by atomic mass is 10.1. The first-order valence-electron chi connectivity index (χ1n) is 8.65. The van der Waals surface area contributed by atoms with Crippen molar-refractivity contribution in [1.29, 1.82) is 0 Å². The van der Waals surface area contributed by atoms with Crippen molar-refractivity contribution in [2.24, 2.45) is 0 Å². The Morgan fingerprint density at radius 2 is 2.24 bits per heavy atom. The molecule has 0 aliphatic carbocycles. The average molecular weight is 347 g/mol. The van der Waals surface area contributed by atoms with E-state index in [1.165, 1.54) is 0 Å². The van der Waals surface area contributed by atoms with Gasteiger partial charge in [0, 0.05) is 32.8 Å². The molecule has 8 nitrogen and oxygen atoms in total. The first-order chi connectivity index (χ1) is 11.9. The summed E-state index contributed by atoms with van der Waals surface area (Å²) in [4.78, 5) is 19.4. The molecule has 136 valence electrons. The minimum absolute atomic E-state index is 0.0510. The quantitative estimate of drug-likeness (QED) is 0.825. The molecule has 25 heavy (non-hydrogen) atoms. The highest BCUT2D eigenvalue weighted by Crippen LogP contribution is 2.34. The Labute approximate surface area is 147 Å². The van der Waals surface area contributed by atoms with Crippen molar-refractivity contribution in [3.63, 3.8) is 0 Å². The van der Waals surface area contributed by atoms with Crippen LogP contribution < -0.4 is 0 Å². The van der Waals surface area contributed by atoms with Crippen LogP contribution in [-0.4, -0.2) is 50.5 Å². The molecule has 8 heteroatoms. The molecule has 2 aromatic heterocycles. The molecule has 1 saturated heterocycles. The maximum Gasteiger partial charge on any atom is 0.258 e. The van der Waals surface area contributed by atoms with E-state index in [0.29, 0.717) is 30.2 Å². The van der Waals surface area contributed by atoms with Gasteiger partial charge in [-0.25, -0.2) is 0 Å². The van der Waals surface area contributed by atoms with Gasteiger partial charge in [0.05, 0.1) is 17.4 Å². The Morgan fingerprint density at radius 3 is 2.80 bits per heavy atom. The lowest BCUT2D eigenvalue weighted by molar-refractivity contribution is 0.0669. The minimum atomic E-state index is -0.274. The summed E-state index contributed by atoms with van der Waals surface area (Å²) in [6.07, 6.45) is 2.42. The fourth-order valence-electron chi connectivity index (χ4n) is 3.22. The molecule has 1 aliphatic rings. The molecule has 0 spiro atoms. The van der Waals surface area contributed by atoms with Gasteiger partial charge in [-0.15, -0.1) is 0 Å². The summed E-state index contributed by atoms with van der Waals surface area (Å²) >= 11 is 0. The Bertz CT molecular complexity index is 751. The molecule has 3 heterocycles. The molecule has 2 atom stereocenters. The van der Waals surface area contributed by atoms with Gasteiger partial charge >= 0.3 is 0 Å². The van der Waals surface area contributed by atoms with Crippen molar-refractivity contribution >= 4 is 5.91 Å². The monoisotopic (exact) mass is 347 g/mol. The number of aromatic nitrogens is 4. The summed E-state index contributed by atoms with van der Waals surface area (Å²) in [7, 11) is 1.66. The highest BCUT2D eigenvalue weighted by molar-refractivity contribution is 5.95. The summed E-state index contributed by atoms with van der Waals surface area (Å²) in [6, 6.07) is -0.274. The highest BCUT2D eigenvalue weighted by atomic mass is 16.5. The summed E-state index contributed by atoms with van der Waals surface area (Å²) in [5.41, 5.74) is 1.45. The third kappa shape index (κ3) is 3.30. The zero-order valence-corrected chi connectivity index (χ0v) is 15.4. The van der Waals surface area contributed by atoms with Gasteiger partial charge in [0.2, 0.25) is 5.89 Å². The van der Waals surface area contributed by atoms with Gasteiger partial charge in [-0.3, -0.25) is 9.48 Å². The second kappa shape index (κ2) is 6.95. The van der Waals surface area contributed by atoms with Crippen molar-refractivity contribution in [3.8, 4) is 0 Å². The van der Waals surface area contributed by atoms with Gasteiger partial charge < -0.3 is 14.2 Å². The van der Waals surface area contributed by atoms with Crippen molar-refractivity contribution in [2.45, 2.75) is 58.7 Å². The number of hydrogen-bond acceptors (Lipinski definition) is 6. The van der Waals surface area contributed by atoms with Gasteiger partial charge in [-0.05, 0) is 19.8 Å². The topological polar surface area (TPSA) is 86.3 Å². The van der Waals surface area contributed by atoms with E-state index in [0.717, 1.165) is 12.2 Å². The predicted octanol–water partition coefficient (Wildman–Crippen LogP) is 2.32. The van der Waals surface area contributed by atoms with E-state index in [4.69, 9.17) is 9.26 Å². The smallest absolute Gasteiger partial charge is 0.258 e. The van der Waals surface area contributed by atoms with E-state index >= 15 is 0 Å². The molecule has 0 unspecified atom stereocenters. The Kier molecular flexibility index (Phi) is 4.89. The summed E-state index contributed by atoms with van der Waals surface area (Å²) < 4.78 is 12.6. The number of amides is 1. The largest absolute Gasteiger partial charge is 0.380 e. The van der Waals surface area contributed by atoms with Crippen LogP contribution in [0.2, 0.25) is 0 Å². The number of likely N-dealkylation sites (tertiary alicyclic amines) is 1. The number of carbonyl (C=O) groups excluding carboxylic acids is 1. The molecule has 1 amide bonds. The Hall–Kier alpha value is -2.22. The van der Waals surface area contributed by atoms with Crippen LogP contribution in [-0.2, 0) is 11.3 Å². The van der Waals surface area contributed by atoms with Crippen LogP contribution in [0.4, 0.5) is 0 Å².